The van der Waals surface area contributed by atoms with Gasteiger partial charge < -0.3 is 14.8 Å². The second kappa shape index (κ2) is 9.74. The number of amides is 1. The number of nitrogens with one attached hydrogen (secondary N) is 1. The predicted octanol–water partition coefficient (Wildman–Crippen LogP) is 5.18. The molecule has 0 aliphatic heterocycles. The van der Waals surface area contributed by atoms with E-state index in [1.54, 1.807) is 31.2 Å². The van der Waals surface area contributed by atoms with Gasteiger partial charge in [0.15, 0.2) is 6.10 Å². The molecular weight excluding hydrogens is 378 g/mol. The Hall–Kier alpha value is -3.60. The van der Waals surface area contributed by atoms with E-state index in [0.29, 0.717) is 17.1 Å². The second-order valence-corrected chi connectivity index (χ2v) is 7.03. The van der Waals surface area contributed by atoms with Crippen molar-refractivity contribution >= 4 is 17.6 Å². The maximum atomic E-state index is 12.4. The molecule has 0 aromatic heterocycles. The number of ether oxygens (including phenoxy) is 2. The summed E-state index contributed by atoms with van der Waals surface area (Å²) in [6.07, 6.45) is 0.126. The highest BCUT2D eigenvalue weighted by Crippen LogP contribution is 2.18. The molecule has 1 N–H and O–H groups in total. The summed E-state index contributed by atoms with van der Waals surface area (Å²) in [5, 5.41) is 2.83. The molecule has 30 heavy (non-hydrogen) atoms. The van der Waals surface area contributed by atoms with Crippen molar-refractivity contribution in [2.75, 3.05) is 5.32 Å². The van der Waals surface area contributed by atoms with E-state index >= 15 is 0 Å². The Kier molecular flexibility index (Phi) is 6.86. The first-order valence-electron chi connectivity index (χ1n) is 9.90. The van der Waals surface area contributed by atoms with E-state index < -0.39 is 12.1 Å². The van der Waals surface area contributed by atoms with Crippen LogP contribution in [0.1, 0.15) is 35.3 Å². The summed E-state index contributed by atoms with van der Waals surface area (Å²) >= 11 is 0. The standard InChI is InChI=1S/C25H25NO4/c1-4-19-6-5-7-23(16-19)29-18(3)25(28)30-22-14-10-20(11-15-22)24(27)26-21-12-8-17(2)9-13-21/h5-16,18H,4H2,1-3H3,(H,26,27). The lowest BCUT2D eigenvalue weighted by molar-refractivity contribution is -0.141. The van der Waals surface area contributed by atoms with E-state index in [0.717, 1.165) is 23.2 Å². The van der Waals surface area contributed by atoms with Crippen LogP contribution < -0.4 is 14.8 Å². The molecule has 1 amide bonds. The number of hydrogen-bond acceptors (Lipinski definition) is 4. The number of carbonyl (C=O) groups excluding carboxylic acids is 2. The van der Waals surface area contributed by atoms with Gasteiger partial charge in [-0.3, -0.25) is 4.79 Å². The molecule has 154 valence electrons. The van der Waals surface area contributed by atoms with Gasteiger partial charge >= 0.3 is 5.97 Å². The first-order valence-corrected chi connectivity index (χ1v) is 9.90. The lowest BCUT2D eigenvalue weighted by atomic mass is 10.2. The SMILES string of the molecule is CCc1cccc(OC(C)C(=O)Oc2ccc(C(=O)Nc3ccc(C)cc3)cc2)c1. The number of carbonyl (C=O) groups is 2. The summed E-state index contributed by atoms with van der Waals surface area (Å²) in [5.74, 6) is 0.240. The van der Waals surface area contributed by atoms with E-state index in [4.69, 9.17) is 9.47 Å². The van der Waals surface area contributed by atoms with E-state index in [1.165, 1.54) is 0 Å². The molecule has 1 atom stereocenters. The van der Waals surface area contributed by atoms with Gasteiger partial charge in [-0.05, 0) is 74.4 Å². The monoisotopic (exact) mass is 403 g/mol. The molecule has 0 aliphatic rings. The van der Waals surface area contributed by atoms with Crippen LogP contribution in [0.4, 0.5) is 5.69 Å². The van der Waals surface area contributed by atoms with Crippen molar-refractivity contribution in [1.29, 1.82) is 0 Å². The highest BCUT2D eigenvalue weighted by atomic mass is 16.6. The van der Waals surface area contributed by atoms with Crippen molar-refractivity contribution in [1.82, 2.24) is 0 Å². The van der Waals surface area contributed by atoms with Crippen LogP contribution in [-0.4, -0.2) is 18.0 Å². The molecule has 5 nitrogen and oxygen atoms in total. The molecule has 3 rings (SSSR count). The smallest absolute Gasteiger partial charge is 0.352 e. The summed E-state index contributed by atoms with van der Waals surface area (Å²) in [4.78, 5) is 24.7. The fraction of sp³-hybridized carbons (Fsp3) is 0.200. The molecule has 3 aromatic rings. The molecular formula is C25H25NO4. The van der Waals surface area contributed by atoms with Gasteiger partial charge in [-0.2, -0.15) is 0 Å². The van der Waals surface area contributed by atoms with Crippen molar-refractivity contribution in [3.63, 3.8) is 0 Å². The second-order valence-electron chi connectivity index (χ2n) is 7.03. The Morgan fingerprint density at radius 2 is 1.63 bits per heavy atom. The minimum atomic E-state index is -0.762. The number of benzene rings is 3. The summed E-state index contributed by atoms with van der Waals surface area (Å²) in [6, 6.07) is 21.6. The van der Waals surface area contributed by atoms with Crippen LogP contribution in [0.3, 0.4) is 0 Å². The van der Waals surface area contributed by atoms with Crippen LogP contribution in [0.5, 0.6) is 11.5 Å². The van der Waals surface area contributed by atoms with Crippen LogP contribution >= 0.6 is 0 Å². The Balaban J connectivity index is 1.56. The number of aryl methyl sites for hydroxylation is 2. The molecule has 1 unspecified atom stereocenters. The van der Waals surface area contributed by atoms with Gasteiger partial charge in [0.05, 0.1) is 0 Å². The van der Waals surface area contributed by atoms with Crippen molar-refractivity contribution in [2.45, 2.75) is 33.3 Å². The van der Waals surface area contributed by atoms with Crippen LogP contribution in [0.15, 0.2) is 72.8 Å². The Labute approximate surface area is 176 Å². The maximum Gasteiger partial charge on any atom is 0.352 e. The van der Waals surface area contributed by atoms with Gasteiger partial charge in [0.25, 0.3) is 5.91 Å². The molecule has 0 saturated heterocycles. The minimum absolute atomic E-state index is 0.232. The molecule has 0 saturated carbocycles. The Bertz CT molecular complexity index is 1010. The van der Waals surface area contributed by atoms with Crippen LogP contribution in [0.25, 0.3) is 0 Å². The van der Waals surface area contributed by atoms with E-state index in [9.17, 15) is 9.59 Å². The minimum Gasteiger partial charge on any atom is -0.479 e. The summed E-state index contributed by atoms with van der Waals surface area (Å²) in [7, 11) is 0. The van der Waals surface area contributed by atoms with Crippen molar-refractivity contribution < 1.29 is 19.1 Å². The predicted molar refractivity (Wildman–Crippen MR) is 117 cm³/mol. The van der Waals surface area contributed by atoms with Gasteiger partial charge in [0.1, 0.15) is 11.5 Å². The molecule has 0 aliphatic carbocycles. The zero-order valence-corrected chi connectivity index (χ0v) is 17.3. The Morgan fingerprint density at radius 1 is 0.933 bits per heavy atom. The fourth-order valence-electron chi connectivity index (χ4n) is 2.80. The highest BCUT2D eigenvalue weighted by Gasteiger charge is 2.18. The van der Waals surface area contributed by atoms with E-state index in [1.807, 2.05) is 55.5 Å². The zero-order chi connectivity index (χ0) is 21.5. The third-order valence-corrected chi connectivity index (χ3v) is 4.60. The molecule has 0 fully saturated rings. The average Bonchev–Trinajstić information content (AvgIpc) is 2.76. The topological polar surface area (TPSA) is 64.6 Å². The number of hydrogen-bond donors (Lipinski definition) is 1. The molecule has 0 spiro atoms. The number of anilines is 1. The van der Waals surface area contributed by atoms with Crippen molar-refractivity contribution in [3.8, 4) is 11.5 Å². The fourth-order valence-corrected chi connectivity index (χ4v) is 2.80. The van der Waals surface area contributed by atoms with Gasteiger partial charge in [-0.25, -0.2) is 4.79 Å². The van der Waals surface area contributed by atoms with Crippen molar-refractivity contribution in [3.05, 3.63) is 89.5 Å². The molecule has 5 heteroatoms. The first-order chi connectivity index (χ1) is 14.4. The quantitative estimate of drug-likeness (QED) is 0.436. The van der Waals surface area contributed by atoms with Gasteiger partial charge in [-0.1, -0.05) is 36.8 Å². The molecule has 0 heterocycles. The van der Waals surface area contributed by atoms with Crippen LogP contribution in [-0.2, 0) is 11.2 Å². The third-order valence-electron chi connectivity index (χ3n) is 4.60. The summed E-state index contributed by atoms with van der Waals surface area (Å²) < 4.78 is 11.1. The van der Waals surface area contributed by atoms with E-state index in [-0.39, 0.29) is 5.91 Å². The largest absolute Gasteiger partial charge is 0.479 e. The van der Waals surface area contributed by atoms with E-state index in [2.05, 4.69) is 12.2 Å². The van der Waals surface area contributed by atoms with Crippen LogP contribution in [0.2, 0.25) is 0 Å². The molecule has 0 radical (unpaired) electrons. The zero-order valence-electron chi connectivity index (χ0n) is 17.3. The lowest BCUT2D eigenvalue weighted by Crippen LogP contribution is -2.28. The van der Waals surface area contributed by atoms with Crippen molar-refractivity contribution in [2.24, 2.45) is 0 Å². The number of esters is 1. The van der Waals surface area contributed by atoms with Gasteiger partial charge in [0, 0.05) is 11.3 Å². The van der Waals surface area contributed by atoms with Gasteiger partial charge in [0.2, 0.25) is 0 Å². The lowest BCUT2D eigenvalue weighted by Gasteiger charge is -2.14. The van der Waals surface area contributed by atoms with Crippen LogP contribution in [0, 0.1) is 6.92 Å². The Morgan fingerprint density at radius 3 is 2.30 bits per heavy atom. The molecule has 0 bridgehead atoms. The normalized spacial score (nSPS) is 11.4. The first kappa shape index (κ1) is 21.1. The third kappa shape index (κ3) is 5.70. The highest BCUT2D eigenvalue weighted by molar-refractivity contribution is 6.04. The molecule has 3 aromatic carbocycles. The summed E-state index contributed by atoms with van der Waals surface area (Å²) in [6.45, 7) is 5.69. The maximum absolute atomic E-state index is 12.4. The number of rotatable bonds is 7. The summed E-state index contributed by atoms with van der Waals surface area (Å²) in [5.41, 5.74) is 3.44. The average molecular weight is 403 g/mol. The van der Waals surface area contributed by atoms with Gasteiger partial charge in [-0.15, -0.1) is 0 Å².